The molecule has 0 radical (unpaired) electrons. The van der Waals surface area contributed by atoms with Gasteiger partial charge in [-0.1, -0.05) is 0 Å². The van der Waals surface area contributed by atoms with E-state index in [1.165, 1.54) is 0 Å². The SMILES string of the molecule is N=C(/C(=C\N[C@H]1C[C@H](CNc2ccc3c(c2)C(=O)N(C2CCC(=O)NC2=O)C3=O)C1)c1nccc2[nH]ccc12)C1CC1. The van der Waals surface area contributed by atoms with E-state index in [0.29, 0.717) is 30.1 Å². The fourth-order valence-corrected chi connectivity index (χ4v) is 6.15. The molecule has 214 valence electrons. The molecule has 0 spiro atoms. The van der Waals surface area contributed by atoms with E-state index in [2.05, 4.69) is 25.9 Å². The van der Waals surface area contributed by atoms with E-state index in [1.54, 1.807) is 24.4 Å². The molecule has 11 heteroatoms. The molecule has 0 bridgehead atoms. The van der Waals surface area contributed by atoms with E-state index in [9.17, 15) is 19.2 Å². The predicted octanol–water partition coefficient (Wildman–Crippen LogP) is 3.22. The summed E-state index contributed by atoms with van der Waals surface area (Å²) in [6.07, 6.45) is 9.89. The topological polar surface area (TPSA) is 160 Å². The molecule has 4 heterocycles. The minimum absolute atomic E-state index is 0.0912. The van der Waals surface area contributed by atoms with E-state index < -0.39 is 29.7 Å². The molecule has 1 atom stereocenters. The summed E-state index contributed by atoms with van der Waals surface area (Å²) in [7, 11) is 0. The molecule has 3 fully saturated rings. The zero-order chi connectivity index (χ0) is 29.0. The maximum atomic E-state index is 13.1. The van der Waals surface area contributed by atoms with Crippen LogP contribution in [0.3, 0.4) is 0 Å². The molecule has 2 aromatic heterocycles. The number of H-pyrrole nitrogens is 1. The highest BCUT2D eigenvalue weighted by molar-refractivity contribution is 6.26. The van der Waals surface area contributed by atoms with Crippen LogP contribution in [0.15, 0.2) is 48.9 Å². The first kappa shape index (κ1) is 26.1. The minimum Gasteiger partial charge on any atom is -0.388 e. The monoisotopic (exact) mass is 565 g/mol. The fraction of sp³-hybridized carbons (Fsp3) is 0.355. The van der Waals surface area contributed by atoms with Gasteiger partial charge in [0.25, 0.3) is 11.8 Å². The molecule has 4 amide bonds. The number of nitrogens with one attached hydrogen (secondary N) is 5. The number of carbonyl (C=O) groups excluding carboxylic acids is 4. The quantitative estimate of drug-likeness (QED) is 0.197. The largest absolute Gasteiger partial charge is 0.388 e. The predicted molar refractivity (Wildman–Crippen MR) is 156 cm³/mol. The summed E-state index contributed by atoms with van der Waals surface area (Å²) in [6, 6.07) is 8.34. The van der Waals surface area contributed by atoms with Crippen molar-refractivity contribution >= 4 is 51.5 Å². The van der Waals surface area contributed by atoms with Crippen LogP contribution in [0.1, 0.15) is 64.9 Å². The molecule has 2 aliphatic carbocycles. The average molecular weight is 566 g/mol. The van der Waals surface area contributed by atoms with Crippen LogP contribution >= 0.6 is 0 Å². The summed E-state index contributed by atoms with van der Waals surface area (Å²) in [5, 5.41) is 18.9. The Morgan fingerprint density at radius 3 is 2.64 bits per heavy atom. The van der Waals surface area contributed by atoms with Crippen molar-refractivity contribution in [3.8, 4) is 0 Å². The van der Waals surface area contributed by atoms with Crippen LogP contribution in [0.2, 0.25) is 0 Å². The van der Waals surface area contributed by atoms with E-state index in [-0.39, 0.29) is 24.0 Å². The Morgan fingerprint density at radius 1 is 1.05 bits per heavy atom. The number of rotatable bonds is 9. The van der Waals surface area contributed by atoms with Crippen LogP contribution in [0.25, 0.3) is 16.5 Å². The first-order valence-corrected chi connectivity index (χ1v) is 14.4. The van der Waals surface area contributed by atoms with Crippen LogP contribution in [0.5, 0.6) is 0 Å². The number of nitrogens with zero attached hydrogens (tertiary/aromatic N) is 2. The summed E-state index contributed by atoms with van der Waals surface area (Å²) in [5.41, 5.74) is 4.61. The van der Waals surface area contributed by atoms with Crippen molar-refractivity contribution < 1.29 is 19.2 Å². The molecule has 42 heavy (non-hydrogen) atoms. The number of anilines is 1. The molecule has 4 aliphatic rings. The van der Waals surface area contributed by atoms with E-state index in [0.717, 1.165) is 58.4 Å². The number of amides is 4. The molecular formula is C31H31N7O4. The molecule has 7 rings (SSSR count). The number of hydrogen-bond donors (Lipinski definition) is 5. The second kappa shape index (κ2) is 10.2. The van der Waals surface area contributed by atoms with Crippen molar-refractivity contribution in [1.29, 1.82) is 5.41 Å². The lowest BCUT2D eigenvalue weighted by Gasteiger charge is -2.36. The van der Waals surface area contributed by atoms with Gasteiger partial charge in [0.1, 0.15) is 6.04 Å². The number of piperidine rings is 1. The number of pyridine rings is 1. The van der Waals surface area contributed by atoms with Gasteiger partial charge >= 0.3 is 0 Å². The Hall–Kier alpha value is -4.80. The van der Waals surface area contributed by atoms with Gasteiger partial charge in [-0.3, -0.25) is 34.4 Å². The van der Waals surface area contributed by atoms with Crippen LogP contribution in [0, 0.1) is 17.2 Å². The highest BCUT2D eigenvalue weighted by Gasteiger charge is 2.44. The van der Waals surface area contributed by atoms with Crippen LogP contribution in [-0.2, 0) is 9.59 Å². The molecule has 2 saturated carbocycles. The molecule has 11 nitrogen and oxygen atoms in total. The Bertz CT molecular complexity index is 1680. The van der Waals surface area contributed by atoms with Gasteiger partial charge in [-0.2, -0.15) is 0 Å². The Morgan fingerprint density at radius 2 is 1.86 bits per heavy atom. The number of fused-ring (bicyclic) bond motifs is 2. The third kappa shape index (κ3) is 4.64. The summed E-state index contributed by atoms with van der Waals surface area (Å²) in [6.45, 7) is 0.717. The molecule has 1 unspecified atom stereocenters. The lowest BCUT2D eigenvalue weighted by molar-refractivity contribution is -0.136. The van der Waals surface area contributed by atoms with Gasteiger partial charge < -0.3 is 21.0 Å². The number of hydrogen-bond acceptors (Lipinski definition) is 8. The number of imide groups is 2. The van der Waals surface area contributed by atoms with Crippen LogP contribution < -0.4 is 16.0 Å². The smallest absolute Gasteiger partial charge is 0.262 e. The van der Waals surface area contributed by atoms with Crippen LogP contribution in [0.4, 0.5) is 5.69 Å². The number of aromatic amines is 1. The van der Waals surface area contributed by atoms with Crippen molar-refractivity contribution in [2.24, 2.45) is 11.8 Å². The number of allylic oxidation sites excluding steroid dienone is 1. The van der Waals surface area contributed by atoms with Crippen LogP contribution in [-0.4, -0.2) is 62.8 Å². The maximum absolute atomic E-state index is 13.1. The molecule has 1 saturated heterocycles. The fourth-order valence-electron chi connectivity index (χ4n) is 6.15. The highest BCUT2D eigenvalue weighted by Crippen LogP contribution is 2.37. The van der Waals surface area contributed by atoms with Gasteiger partial charge in [0.15, 0.2) is 0 Å². The molecular weight excluding hydrogens is 534 g/mol. The molecule has 3 aromatic rings. The van der Waals surface area contributed by atoms with Crippen molar-refractivity contribution in [1.82, 2.24) is 25.5 Å². The number of aromatic nitrogens is 2. The second-order valence-electron chi connectivity index (χ2n) is 11.6. The number of benzene rings is 1. The average Bonchev–Trinajstić information content (AvgIpc) is 3.65. The van der Waals surface area contributed by atoms with Crippen molar-refractivity contribution in [2.75, 3.05) is 11.9 Å². The zero-order valence-electron chi connectivity index (χ0n) is 22.9. The van der Waals surface area contributed by atoms with Gasteiger partial charge in [-0.15, -0.1) is 0 Å². The second-order valence-corrected chi connectivity index (χ2v) is 11.6. The third-order valence-electron chi connectivity index (χ3n) is 8.74. The van der Waals surface area contributed by atoms with Gasteiger partial charge in [0, 0.05) is 71.4 Å². The minimum atomic E-state index is -0.972. The maximum Gasteiger partial charge on any atom is 0.262 e. The first-order chi connectivity index (χ1) is 20.4. The van der Waals surface area contributed by atoms with Gasteiger partial charge in [-0.25, -0.2) is 0 Å². The van der Waals surface area contributed by atoms with Gasteiger partial charge in [0.2, 0.25) is 11.8 Å². The molecule has 5 N–H and O–H groups in total. The third-order valence-corrected chi connectivity index (χ3v) is 8.74. The normalized spacial score (nSPS) is 24.0. The van der Waals surface area contributed by atoms with Gasteiger partial charge in [0.05, 0.1) is 16.8 Å². The summed E-state index contributed by atoms with van der Waals surface area (Å²) < 4.78 is 0. The summed E-state index contributed by atoms with van der Waals surface area (Å²) in [4.78, 5) is 58.6. The van der Waals surface area contributed by atoms with E-state index in [1.807, 2.05) is 24.5 Å². The summed E-state index contributed by atoms with van der Waals surface area (Å²) >= 11 is 0. The van der Waals surface area contributed by atoms with E-state index in [4.69, 9.17) is 5.41 Å². The Balaban J connectivity index is 0.964. The highest BCUT2D eigenvalue weighted by atomic mass is 16.2. The molecule has 2 aliphatic heterocycles. The van der Waals surface area contributed by atoms with Crippen molar-refractivity contribution in [3.05, 3.63) is 65.7 Å². The molecule has 1 aromatic carbocycles. The van der Waals surface area contributed by atoms with Gasteiger partial charge in [-0.05, 0) is 68.4 Å². The van der Waals surface area contributed by atoms with E-state index >= 15 is 0 Å². The lowest BCUT2D eigenvalue weighted by atomic mass is 9.80. The lowest BCUT2D eigenvalue weighted by Crippen LogP contribution is -2.54. The first-order valence-electron chi connectivity index (χ1n) is 14.4. The zero-order valence-corrected chi connectivity index (χ0v) is 22.9. The van der Waals surface area contributed by atoms with Crippen molar-refractivity contribution in [3.63, 3.8) is 0 Å². The van der Waals surface area contributed by atoms with Crippen molar-refractivity contribution in [2.45, 2.75) is 50.6 Å². The number of carbonyl (C=O) groups is 4. The Labute approximate surface area is 241 Å². The standard InChI is InChI=1S/C31H31N7O4/c32-27(17-1-2-17)23(28-21-7-9-33-24(21)8-10-34-28)15-36-19-11-16(12-19)14-35-18-3-4-20-22(13-18)31(42)38(30(20)41)25-5-6-26(39)37-29(25)40/h3-4,7-10,13,15-17,19,25,32-33,35-36H,1-2,5-6,11-12,14H2,(H,37,39,40)/b23-15+,32-27?/t16-,19-,25?. The summed E-state index contributed by atoms with van der Waals surface area (Å²) in [5.74, 6) is -1.29. The Kier molecular flexibility index (Phi) is 6.37.